The average Bonchev–Trinajstić information content (AvgIpc) is 3.20. The summed E-state index contributed by atoms with van der Waals surface area (Å²) < 4.78 is 1.83. The zero-order valence-electron chi connectivity index (χ0n) is 13.8. The molecule has 0 aliphatic heterocycles. The monoisotopic (exact) mass is 340 g/mol. The van der Waals surface area contributed by atoms with E-state index in [1.54, 1.807) is 11.3 Å². The minimum Gasteiger partial charge on any atom is -0.350 e. The van der Waals surface area contributed by atoms with Gasteiger partial charge in [-0.3, -0.25) is 9.48 Å². The van der Waals surface area contributed by atoms with E-state index in [0.717, 1.165) is 27.5 Å². The van der Waals surface area contributed by atoms with Crippen LogP contribution in [-0.2, 0) is 24.8 Å². The van der Waals surface area contributed by atoms with Crippen LogP contribution in [0.4, 0.5) is 0 Å². The van der Waals surface area contributed by atoms with Gasteiger partial charge in [0.1, 0.15) is 5.01 Å². The van der Waals surface area contributed by atoms with Gasteiger partial charge in [-0.1, -0.05) is 30.3 Å². The number of benzene rings is 1. The Morgan fingerprint density at radius 2 is 2.08 bits per heavy atom. The molecule has 0 fully saturated rings. The lowest BCUT2D eigenvalue weighted by Gasteiger charge is -2.03. The maximum atomic E-state index is 12.0. The van der Waals surface area contributed by atoms with Crippen molar-refractivity contribution in [2.24, 2.45) is 7.05 Å². The summed E-state index contributed by atoms with van der Waals surface area (Å²) in [4.78, 5) is 16.6. The Balaban J connectivity index is 1.50. The number of amides is 1. The van der Waals surface area contributed by atoms with Crippen molar-refractivity contribution in [2.45, 2.75) is 26.3 Å². The topological polar surface area (TPSA) is 59.8 Å². The number of carbonyl (C=O) groups is 1. The summed E-state index contributed by atoms with van der Waals surface area (Å²) in [6, 6.07) is 10.1. The van der Waals surface area contributed by atoms with Gasteiger partial charge in [0.15, 0.2) is 0 Å². The average molecular weight is 340 g/mol. The molecule has 1 N–H and O–H groups in total. The summed E-state index contributed by atoms with van der Waals surface area (Å²) in [5, 5.41) is 10.1. The summed E-state index contributed by atoms with van der Waals surface area (Å²) >= 11 is 1.60. The summed E-state index contributed by atoms with van der Waals surface area (Å²) in [6.45, 7) is 2.48. The number of nitrogens with one attached hydrogen (secondary N) is 1. The lowest BCUT2D eigenvalue weighted by molar-refractivity contribution is -0.121. The molecule has 0 radical (unpaired) electrons. The number of aryl methyl sites for hydroxylation is 2. The van der Waals surface area contributed by atoms with Crippen LogP contribution in [0.3, 0.4) is 0 Å². The molecule has 0 bridgehead atoms. The summed E-state index contributed by atoms with van der Waals surface area (Å²) in [6.07, 6.45) is 3.00. The quantitative estimate of drug-likeness (QED) is 0.750. The third-order valence-electron chi connectivity index (χ3n) is 4.00. The van der Waals surface area contributed by atoms with Crippen molar-refractivity contribution < 1.29 is 4.79 Å². The number of nitrogens with zero attached hydrogens (tertiary/aromatic N) is 3. The highest BCUT2D eigenvalue weighted by molar-refractivity contribution is 7.13. The van der Waals surface area contributed by atoms with Gasteiger partial charge in [0, 0.05) is 30.1 Å². The van der Waals surface area contributed by atoms with Crippen LogP contribution in [0, 0.1) is 6.92 Å². The van der Waals surface area contributed by atoms with Gasteiger partial charge < -0.3 is 5.32 Å². The molecule has 0 unspecified atom stereocenters. The number of thiazole rings is 1. The van der Waals surface area contributed by atoms with E-state index in [2.05, 4.69) is 15.4 Å². The fourth-order valence-corrected chi connectivity index (χ4v) is 3.24. The molecular weight excluding hydrogens is 320 g/mol. The van der Waals surface area contributed by atoms with Gasteiger partial charge in [0.25, 0.3) is 0 Å². The third kappa shape index (κ3) is 3.89. The van der Waals surface area contributed by atoms with Gasteiger partial charge in [-0.2, -0.15) is 5.10 Å². The van der Waals surface area contributed by atoms with Gasteiger partial charge in [-0.05, 0) is 18.9 Å². The van der Waals surface area contributed by atoms with Gasteiger partial charge >= 0.3 is 0 Å². The maximum absolute atomic E-state index is 12.0. The lowest BCUT2D eigenvalue weighted by Crippen LogP contribution is -2.23. The normalized spacial score (nSPS) is 10.8. The van der Waals surface area contributed by atoms with E-state index in [1.165, 1.54) is 0 Å². The molecule has 0 aliphatic carbocycles. The molecule has 1 amide bonds. The molecule has 3 rings (SSSR count). The van der Waals surface area contributed by atoms with Gasteiger partial charge in [0.05, 0.1) is 18.4 Å². The Hall–Kier alpha value is -2.47. The van der Waals surface area contributed by atoms with Gasteiger partial charge in [-0.15, -0.1) is 11.3 Å². The molecule has 0 saturated carbocycles. The third-order valence-corrected chi connectivity index (χ3v) is 4.94. The molecule has 2 heterocycles. The molecule has 124 valence electrons. The molecular formula is C18H20N4OS. The van der Waals surface area contributed by atoms with E-state index >= 15 is 0 Å². The minimum atomic E-state index is 0.0347. The fraction of sp³-hybridized carbons (Fsp3) is 0.278. The molecule has 5 nitrogen and oxygen atoms in total. The highest BCUT2D eigenvalue weighted by atomic mass is 32.1. The predicted molar refractivity (Wildman–Crippen MR) is 95.7 cm³/mol. The number of aromatic nitrogens is 3. The van der Waals surface area contributed by atoms with Crippen LogP contribution in [-0.4, -0.2) is 20.7 Å². The van der Waals surface area contributed by atoms with E-state index in [4.69, 9.17) is 0 Å². The number of rotatable bonds is 6. The molecule has 0 aliphatic rings. The number of carbonyl (C=O) groups excluding carboxylic acids is 1. The summed E-state index contributed by atoms with van der Waals surface area (Å²) in [7, 11) is 1.91. The molecule has 1 aromatic carbocycles. The van der Waals surface area contributed by atoms with Crippen molar-refractivity contribution in [1.29, 1.82) is 0 Å². The largest absolute Gasteiger partial charge is 0.350 e. The maximum Gasteiger partial charge on any atom is 0.220 e. The van der Waals surface area contributed by atoms with E-state index in [9.17, 15) is 4.79 Å². The van der Waals surface area contributed by atoms with Crippen molar-refractivity contribution >= 4 is 17.2 Å². The van der Waals surface area contributed by atoms with Crippen molar-refractivity contribution in [3.05, 3.63) is 58.9 Å². The molecule has 3 aromatic rings. The lowest BCUT2D eigenvalue weighted by atomic mass is 10.1. The zero-order valence-corrected chi connectivity index (χ0v) is 14.6. The SMILES string of the molecule is Cc1c(CCC(=O)NCc2csc(-c3ccccc3)n2)cnn1C. The Labute approximate surface area is 145 Å². The molecule has 24 heavy (non-hydrogen) atoms. The fourth-order valence-electron chi connectivity index (χ4n) is 2.42. The predicted octanol–water partition coefficient (Wildman–Crippen LogP) is 3.10. The van der Waals surface area contributed by atoms with Crippen LogP contribution in [0.1, 0.15) is 23.4 Å². The van der Waals surface area contributed by atoms with Crippen LogP contribution < -0.4 is 5.32 Å². The molecule has 0 atom stereocenters. The molecule has 0 spiro atoms. The standard InChI is InChI=1S/C18H20N4OS/c1-13-15(10-20-22(13)2)8-9-17(23)19-11-16-12-24-18(21-16)14-6-4-3-5-7-14/h3-7,10,12H,8-9,11H2,1-2H3,(H,19,23). The van der Waals surface area contributed by atoms with E-state index in [0.29, 0.717) is 19.4 Å². The Bertz CT molecular complexity index is 823. The molecule has 2 aromatic heterocycles. The van der Waals surface area contributed by atoms with Crippen molar-refractivity contribution in [1.82, 2.24) is 20.1 Å². The van der Waals surface area contributed by atoms with E-state index < -0.39 is 0 Å². The van der Waals surface area contributed by atoms with Gasteiger partial charge in [0.2, 0.25) is 5.91 Å². The minimum absolute atomic E-state index is 0.0347. The van der Waals surface area contributed by atoms with Crippen LogP contribution in [0.5, 0.6) is 0 Å². The first-order valence-corrected chi connectivity index (χ1v) is 8.75. The van der Waals surface area contributed by atoms with Crippen LogP contribution in [0.25, 0.3) is 10.6 Å². The second-order valence-corrected chi connectivity index (χ2v) is 6.52. The van der Waals surface area contributed by atoms with Crippen molar-refractivity contribution in [2.75, 3.05) is 0 Å². The Kier molecular flexibility index (Phi) is 5.05. The van der Waals surface area contributed by atoms with E-state index in [1.807, 2.05) is 60.6 Å². The number of hydrogen-bond acceptors (Lipinski definition) is 4. The van der Waals surface area contributed by atoms with Gasteiger partial charge in [-0.25, -0.2) is 4.98 Å². The smallest absolute Gasteiger partial charge is 0.220 e. The highest BCUT2D eigenvalue weighted by Gasteiger charge is 2.09. The van der Waals surface area contributed by atoms with Crippen LogP contribution >= 0.6 is 11.3 Å². The molecule has 0 saturated heterocycles. The summed E-state index contributed by atoms with van der Waals surface area (Å²) in [5.41, 5.74) is 4.22. The molecule has 6 heteroatoms. The second kappa shape index (κ2) is 7.40. The number of hydrogen-bond donors (Lipinski definition) is 1. The second-order valence-electron chi connectivity index (χ2n) is 5.67. The Morgan fingerprint density at radius 3 is 2.79 bits per heavy atom. The first kappa shape index (κ1) is 16.4. The van der Waals surface area contributed by atoms with Crippen LogP contribution in [0.2, 0.25) is 0 Å². The summed E-state index contributed by atoms with van der Waals surface area (Å²) in [5.74, 6) is 0.0347. The first-order chi connectivity index (χ1) is 11.6. The first-order valence-electron chi connectivity index (χ1n) is 7.87. The highest BCUT2D eigenvalue weighted by Crippen LogP contribution is 2.23. The van der Waals surface area contributed by atoms with Crippen LogP contribution in [0.15, 0.2) is 41.9 Å². The zero-order chi connectivity index (χ0) is 16.9. The Morgan fingerprint density at radius 1 is 1.29 bits per heavy atom. The van der Waals surface area contributed by atoms with E-state index in [-0.39, 0.29) is 5.91 Å². The van der Waals surface area contributed by atoms with Crippen molar-refractivity contribution in [3.8, 4) is 10.6 Å². The van der Waals surface area contributed by atoms with Crippen molar-refractivity contribution in [3.63, 3.8) is 0 Å².